The van der Waals surface area contributed by atoms with Gasteiger partial charge in [0.25, 0.3) is 0 Å². The minimum absolute atomic E-state index is 0.133. The number of aromatic hydroxyl groups is 1. The van der Waals surface area contributed by atoms with Crippen molar-refractivity contribution in [3.63, 3.8) is 0 Å². The third kappa shape index (κ3) is 8.14. The average Bonchev–Trinajstić information content (AvgIpc) is 3.43. The second kappa shape index (κ2) is 13.3. The number of phenolic OH excluding ortho intramolecular Hbond substituents is 1. The summed E-state index contributed by atoms with van der Waals surface area (Å²) in [5, 5.41) is 12.2. The summed E-state index contributed by atoms with van der Waals surface area (Å²) in [7, 11) is 3.02. The number of nitrogens with zero attached hydrogens (tertiary/aromatic N) is 2. The number of benzene rings is 2. The molecule has 0 aliphatic rings. The highest BCUT2D eigenvalue weighted by molar-refractivity contribution is 7.09. The van der Waals surface area contributed by atoms with Crippen molar-refractivity contribution >= 4 is 29.1 Å². The molecular weight excluding hydrogens is 543 g/mol. The number of carbonyl (C=O) groups excluding carboxylic acids is 3. The van der Waals surface area contributed by atoms with Crippen LogP contribution in [0.25, 0.3) is 0 Å². The maximum Gasteiger partial charge on any atom is 0.246 e. The number of rotatable bonds is 11. The van der Waals surface area contributed by atoms with Crippen molar-refractivity contribution in [2.24, 2.45) is 11.5 Å². The first-order chi connectivity index (χ1) is 19.2. The van der Waals surface area contributed by atoms with E-state index in [-0.39, 0.29) is 36.2 Å². The summed E-state index contributed by atoms with van der Waals surface area (Å²) in [6.45, 7) is 5.90. The molecule has 3 amide bonds. The van der Waals surface area contributed by atoms with E-state index in [1.165, 1.54) is 47.4 Å². The van der Waals surface area contributed by atoms with Crippen molar-refractivity contribution in [3.05, 3.63) is 87.4 Å². The van der Waals surface area contributed by atoms with Gasteiger partial charge in [0.05, 0.1) is 6.04 Å². The predicted octanol–water partition coefficient (Wildman–Crippen LogP) is 3.38. The number of amides is 3. The van der Waals surface area contributed by atoms with Crippen LogP contribution >= 0.6 is 11.3 Å². The zero-order valence-electron chi connectivity index (χ0n) is 24.1. The fourth-order valence-corrected chi connectivity index (χ4v) is 5.48. The third-order valence-corrected chi connectivity index (χ3v) is 8.10. The van der Waals surface area contributed by atoms with E-state index in [1.807, 2.05) is 44.4 Å². The van der Waals surface area contributed by atoms with Gasteiger partial charge < -0.3 is 26.4 Å². The highest BCUT2D eigenvalue weighted by atomic mass is 32.1. The Labute approximate surface area is 244 Å². The van der Waals surface area contributed by atoms with Gasteiger partial charge in [0.1, 0.15) is 23.7 Å². The van der Waals surface area contributed by atoms with Gasteiger partial charge in [0.15, 0.2) is 0 Å². The van der Waals surface area contributed by atoms with Crippen molar-refractivity contribution < 1.29 is 23.9 Å². The molecular formula is C31H39FN4O4S. The van der Waals surface area contributed by atoms with Crippen LogP contribution in [0.2, 0.25) is 0 Å². The minimum atomic E-state index is -0.998. The number of likely N-dealkylation sites (N-methyl/N-ethyl adjacent to an activating group) is 2. The van der Waals surface area contributed by atoms with Crippen LogP contribution in [0.5, 0.6) is 5.75 Å². The lowest BCUT2D eigenvalue weighted by Crippen LogP contribution is -2.57. The van der Waals surface area contributed by atoms with Gasteiger partial charge in [-0.1, -0.05) is 51.1 Å². The molecule has 220 valence electrons. The molecule has 2 aromatic carbocycles. The standard InChI is InChI=1S/C31H39FN4O4S/c1-31(2,3)23-15-20(10-13-27(23)37)17-25(28(34)38)35(4)30(40)26(18-22-7-6-14-41-22)36(5)29(39)24(33)16-19-8-11-21(32)12-9-19/h6-15,24-26,37H,16-18,33H2,1-5H3,(H2,34,38)/t24-,25-,26-/m0/s1. The first-order valence-corrected chi connectivity index (χ1v) is 14.2. The number of halogens is 1. The fraction of sp³-hybridized carbons (Fsp3) is 0.387. The molecule has 0 fully saturated rings. The summed E-state index contributed by atoms with van der Waals surface area (Å²) in [6.07, 6.45) is 0.527. The van der Waals surface area contributed by atoms with E-state index in [2.05, 4.69) is 0 Å². The molecule has 5 N–H and O–H groups in total. The monoisotopic (exact) mass is 582 g/mol. The van der Waals surface area contributed by atoms with Crippen LogP contribution in [-0.4, -0.2) is 64.8 Å². The summed E-state index contributed by atoms with van der Waals surface area (Å²) in [5.74, 6) is -1.85. The SMILES string of the molecule is CN(C(=O)[C@@H](N)Cc1ccc(F)cc1)[C@@H](Cc1cccs1)C(=O)N(C)[C@@H](Cc1ccc(O)c(C(C)(C)C)c1)C(N)=O. The highest BCUT2D eigenvalue weighted by Crippen LogP contribution is 2.31. The van der Waals surface area contributed by atoms with Crippen LogP contribution in [0.4, 0.5) is 4.39 Å². The van der Waals surface area contributed by atoms with Gasteiger partial charge in [-0.3, -0.25) is 14.4 Å². The Balaban J connectivity index is 1.86. The number of hydrogen-bond donors (Lipinski definition) is 3. The van der Waals surface area contributed by atoms with E-state index in [0.717, 1.165) is 10.4 Å². The highest BCUT2D eigenvalue weighted by Gasteiger charge is 2.36. The number of carbonyl (C=O) groups is 3. The van der Waals surface area contributed by atoms with Crippen molar-refractivity contribution in [3.8, 4) is 5.75 Å². The summed E-state index contributed by atoms with van der Waals surface area (Å²) < 4.78 is 13.3. The molecule has 3 atom stereocenters. The van der Waals surface area contributed by atoms with Crippen LogP contribution in [-0.2, 0) is 39.1 Å². The van der Waals surface area contributed by atoms with E-state index in [0.29, 0.717) is 11.1 Å². The van der Waals surface area contributed by atoms with Crippen LogP contribution in [0, 0.1) is 5.82 Å². The Morgan fingerprint density at radius 2 is 1.51 bits per heavy atom. The summed E-state index contributed by atoms with van der Waals surface area (Å²) >= 11 is 1.45. The van der Waals surface area contributed by atoms with E-state index in [4.69, 9.17) is 11.5 Å². The van der Waals surface area contributed by atoms with E-state index in [1.54, 1.807) is 24.3 Å². The first kappa shape index (κ1) is 31.8. The van der Waals surface area contributed by atoms with Gasteiger partial charge in [-0.15, -0.1) is 11.3 Å². The molecule has 1 heterocycles. The molecule has 0 saturated carbocycles. The lowest BCUT2D eigenvalue weighted by molar-refractivity contribution is -0.147. The summed E-state index contributed by atoms with van der Waals surface area (Å²) in [5.41, 5.74) is 13.8. The Morgan fingerprint density at radius 1 is 0.902 bits per heavy atom. The molecule has 0 saturated heterocycles. The van der Waals surface area contributed by atoms with Crippen LogP contribution in [0.15, 0.2) is 60.0 Å². The third-order valence-electron chi connectivity index (χ3n) is 7.20. The average molecular weight is 583 g/mol. The van der Waals surface area contributed by atoms with Gasteiger partial charge >= 0.3 is 0 Å². The van der Waals surface area contributed by atoms with Gasteiger partial charge in [-0.05, 0) is 58.2 Å². The van der Waals surface area contributed by atoms with Crippen molar-refractivity contribution in [1.29, 1.82) is 0 Å². The fourth-order valence-electron chi connectivity index (χ4n) is 4.74. The van der Waals surface area contributed by atoms with Crippen molar-refractivity contribution in [1.82, 2.24) is 9.80 Å². The predicted molar refractivity (Wildman–Crippen MR) is 159 cm³/mol. The molecule has 8 nitrogen and oxygen atoms in total. The molecule has 1 aromatic heterocycles. The van der Waals surface area contributed by atoms with Crippen LogP contribution in [0.3, 0.4) is 0 Å². The van der Waals surface area contributed by atoms with E-state index >= 15 is 0 Å². The molecule has 0 aliphatic carbocycles. The lowest BCUT2D eigenvalue weighted by atomic mass is 9.84. The van der Waals surface area contributed by atoms with Gasteiger partial charge in [0, 0.05) is 31.8 Å². The quantitative estimate of drug-likeness (QED) is 0.319. The summed E-state index contributed by atoms with van der Waals surface area (Å²) in [6, 6.07) is 11.6. The smallest absolute Gasteiger partial charge is 0.246 e. The number of thiophene rings is 1. The van der Waals surface area contributed by atoms with Crippen molar-refractivity contribution in [2.75, 3.05) is 14.1 Å². The molecule has 10 heteroatoms. The second-order valence-corrected chi connectivity index (χ2v) is 12.4. The molecule has 0 aliphatic heterocycles. The molecule has 3 rings (SSSR count). The number of nitrogens with two attached hydrogens (primary N) is 2. The van der Waals surface area contributed by atoms with Gasteiger partial charge in [-0.25, -0.2) is 4.39 Å². The molecule has 0 bridgehead atoms. The number of primary amides is 1. The lowest BCUT2D eigenvalue weighted by Gasteiger charge is -2.35. The largest absolute Gasteiger partial charge is 0.508 e. The number of phenols is 1. The Hall–Kier alpha value is -3.76. The zero-order chi connectivity index (χ0) is 30.5. The Kier molecular flexibility index (Phi) is 10.3. The molecule has 0 unspecified atom stereocenters. The molecule has 3 aromatic rings. The van der Waals surface area contributed by atoms with Gasteiger partial charge in [0.2, 0.25) is 17.7 Å². The maximum absolute atomic E-state index is 14.0. The summed E-state index contributed by atoms with van der Waals surface area (Å²) in [4.78, 5) is 43.5. The Morgan fingerprint density at radius 3 is 2.07 bits per heavy atom. The van der Waals surface area contributed by atoms with Crippen LogP contribution < -0.4 is 11.5 Å². The normalized spacial score (nSPS) is 13.7. The van der Waals surface area contributed by atoms with Crippen LogP contribution in [0.1, 0.15) is 42.3 Å². The topological polar surface area (TPSA) is 130 Å². The molecule has 0 radical (unpaired) electrons. The zero-order valence-corrected chi connectivity index (χ0v) is 25.0. The van der Waals surface area contributed by atoms with Gasteiger partial charge in [-0.2, -0.15) is 0 Å². The maximum atomic E-state index is 14.0. The minimum Gasteiger partial charge on any atom is -0.508 e. The number of hydrogen-bond acceptors (Lipinski definition) is 6. The second-order valence-electron chi connectivity index (χ2n) is 11.4. The molecule has 41 heavy (non-hydrogen) atoms. The van der Waals surface area contributed by atoms with Crippen molar-refractivity contribution in [2.45, 2.75) is 63.6 Å². The first-order valence-electron chi connectivity index (χ1n) is 13.4. The molecule has 0 spiro atoms. The van der Waals surface area contributed by atoms with E-state index < -0.39 is 35.8 Å². The Bertz CT molecular complexity index is 1360. The van der Waals surface area contributed by atoms with E-state index in [9.17, 15) is 23.9 Å².